The van der Waals surface area contributed by atoms with E-state index in [9.17, 15) is 0 Å². The van der Waals surface area contributed by atoms with Crippen molar-refractivity contribution in [3.05, 3.63) is 267 Å². The lowest BCUT2D eigenvalue weighted by atomic mass is 9.98. The van der Waals surface area contributed by atoms with Crippen LogP contribution >= 0.6 is 0 Å². The Hall–Kier alpha value is -8.24. The molecule has 1 aromatic heterocycles. The summed E-state index contributed by atoms with van der Waals surface area (Å²) in [6, 6.07) is 98.5. The molecule has 11 aromatic carbocycles. The topological polar surface area (TPSA) is 8.17 Å². The van der Waals surface area contributed by atoms with Crippen molar-refractivity contribution in [1.29, 1.82) is 0 Å². The molecule has 0 atom stereocenters. The summed E-state index contributed by atoms with van der Waals surface area (Å²) >= 11 is 0. The van der Waals surface area contributed by atoms with E-state index in [0.717, 1.165) is 22.7 Å². The fourth-order valence-corrected chi connectivity index (χ4v) is 15.2. The second-order valence-corrected chi connectivity index (χ2v) is 20.7. The van der Waals surface area contributed by atoms with Gasteiger partial charge in [-0.15, -0.1) is 0 Å². The van der Waals surface area contributed by atoms with Gasteiger partial charge in [0, 0.05) is 33.5 Å². The van der Waals surface area contributed by atoms with Crippen molar-refractivity contribution in [2.45, 2.75) is 0 Å². The Balaban J connectivity index is 1.06. The first-order valence-corrected chi connectivity index (χ1v) is 24.4. The Labute approximate surface area is 380 Å². The Bertz CT molecular complexity index is 3540. The molecular formula is C62H44N2Si. The van der Waals surface area contributed by atoms with Crippen LogP contribution in [0.25, 0.3) is 60.2 Å². The molecule has 0 saturated heterocycles. The van der Waals surface area contributed by atoms with E-state index in [0.29, 0.717) is 0 Å². The first-order chi connectivity index (χ1) is 32.3. The van der Waals surface area contributed by atoms with Crippen LogP contribution in [0.4, 0.5) is 17.1 Å². The minimum Gasteiger partial charge on any atom is -0.310 e. The molecule has 0 aliphatic heterocycles. The van der Waals surface area contributed by atoms with Gasteiger partial charge < -0.3 is 9.47 Å². The highest BCUT2D eigenvalue weighted by Gasteiger charge is 2.41. The molecule has 0 radical (unpaired) electrons. The third-order valence-electron chi connectivity index (χ3n) is 13.3. The summed E-state index contributed by atoms with van der Waals surface area (Å²) < 4.78 is 2.40. The van der Waals surface area contributed by atoms with Crippen LogP contribution in [0, 0.1) is 0 Å². The number of aromatic nitrogens is 1. The summed E-state index contributed by atoms with van der Waals surface area (Å²) in [6.07, 6.45) is 0. The van der Waals surface area contributed by atoms with Gasteiger partial charge in [0.15, 0.2) is 8.07 Å². The zero-order valence-electron chi connectivity index (χ0n) is 35.8. The number of benzene rings is 11. The van der Waals surface area contributed by atoms with Crippen molar-refractivity contribution in [1.82, 2.24) is 4.57 Å². The molecule has 12 rings (SSSR count). The highest BCUT2D eigenvalue weighted by Crippen LogP contribution is 2.42. The maximum atomic E-state index is 2.44. The van der Waals surface area contributed by atoms with Crippen LogP contribution in [0.5, 0.6) is 0 Å². The van der Waals surface area contributed by atoms with Crippen molar-refractivity contribution < 1.29 is 0 Å². The molecule has 0 aliphatic carbocycles. The number of rotatable bonds is 9. The summed E-state index contributed by atoms with van der Waals surface area (Å²) in [5, 5.41) is 12.9. The number of fused-ring (bicyclic) bond motifs is 6. The van der Waals surface area contributed by atoms with Crippen LogP contribution < -0.4 is 25.6 Å². The number of nitrogens with zero attached hydrogens (tertiary/aromatic N) is 2. The first-order valence-electron chi connectivity index (χ1n) is 22.4. The summed E-state index contributed by atoms with van der Waals surface area (Å²) in [6.45, 7) is 0. The number of para-hydroxylation sites is 2. The van der Waals surface area contributed by atoms with Gasteiger partial charge in [-0.1, -0.05) is 206 Å². The lowest BCUT2D eigenvalue weighted by Crippen LogP contribution is -2.74. The molecule has 12 aromatic rings. The molecule has 0 bridgehead atoms. The van der Waals surface area contributed by atoms with Gasteiger partial charge in [0.05, 0.1) is 11.0 Å². The molecule has 0 aliphatic rings. The molecule has 2 nitrogen and oxygen atoms in total. The van der Waals surface area contributed by atoms with E-state index in [1.807, 2.05) is 0 Å². The minimum atomic E-state index is -2.72. The molecule has 0 amide bonds. The van der Waals surface area contributed by atoms with Gasteiger partial charge in [0.25, 0.3) is 0 Å². The molecule has 0 spiro atoms. The Morgan fingerprint density at radius 1 is 0.308 bits per heavy atom. The van der Waals surface area contributed by atoms with Crippen LogP contribution in [0.1, 0.15) is 0 Å². The fraction of sp³-hybridized carbons (Fsp3) is 0. The highest BCUT2D eigenvalue weighted by molar-refractivity contribution is 7.19. The van der Waals surface area contributed by atoms with E-state index >= 15 is 0 Å². The Morgan fingerprint density at radius 3 is 1.51 bits per heavy atom. The lowest BCUT2D eigenvalue weighted by molar-refractivity contribution is 1.18. The molecular weight excluding hydrogens is 801 g/mol. The average Bonchev–Trinajstić information content (AvgIpc) is 3.73. The van der Waals surface area contributed by atoms with Gasteiger partial charge in [0.2, 0.25) is 0 Å². The van der Waals surface area contributed by atoms with Crippen molar-refractivity contribution in [3.63, 3.8) is 0 Å². The normalized spacial score (nSPS) is 11.7. The highest BCUT2D eigenvalue weighted by atomic mass is 28.3. The SMILES string of the molecule is c1ccc(-n2c3ccccc3c3c(-c4cccc(N(c5ccc([Si](c6ccccc6)(c6ccccc6)c6ccccc6)cc5)c5ccc6c(ccc7ccccc76)c5)c4)cccc32)cc1. The zero-order valence-corrected chi connectivity index (χ0v) is 36.8. The Morgan fingerprint density at radius 2 is 0.815 bits per heavy atom. The van der Waals surface area contributed by atoms with Crippen molar-refractivity contribution in [2.75, 3.05) is 4.90 Å². The van der Waals surface area contributed by atoms with Gasteiger partial charge in [-0.05, 0) is 114 Å². The van der Waals surface area contributed by atoms with E-state index in [1.54, 1.807) is 0 Å². The maximum Gasteiger partial charge on any atom is 0.179 e. The van der Waals surface area contributed by atoms with Crippen molar-refractivity contribution in [3.8, 4) is 16.8 Å². The van der Waals surface area contributed by atoms with Crippen molar-refractivity contribution >= 4 is 89.2 Å². The van der Waals surface area contributed by atoms with E-state index in [4.69, 9.17) is 0 Å². The summed E-state index contributed by atoms with van der Waals surface area (Å²) in [5.74, 6) is 0. The van der Waals surface area contributed by atoms with Gasteiger partial charge in [-0.3, -0.25) is 0 Å². The molecule has 0 saturated carbocycles. The largest absolute Gasteiger partial charge is 0.310 e. The van der Waals surface area contributed by atoms with Crippen molar-refractivity contribution in [2.24, 2.45) is 0 Å². The number of hydrogen-bond donors (Lipinski definition) is 0. The van der Waals surface area contributed by atoms with Gasteiger partial charge >= 0.3 is 0 Å². The monoisotopic (exact) mass is 844 g/mol. The molecule has 65 heavy (non-hydrogen) atoms. The molecule has 306 valence electrons. The third kappa shape index (κ3) is 6.47. The van der Waals surface area contributed by atoms with E-state index in [-0.39, 0.29) is 0 Å². The van der Waals surface area contributed by atoms with Crippen LogP contribution in [-0.2, 0) is 0 Å². The molecule has 1 heterocycles. The first kappa shape index (κ1) is 38.4. The maximum absolute atomic E-state index is 2.72. The standard InChI is InChI=1S/C62H44N2Si/c1-5-21-48(22-6-1)64-60-33-16-15-31-59(60)62-58(32-18-34-61(62)64)46-20-17-23-50(43-46)63(51-39-42-57-47(44-51)36-35-45-19-13-14-30-56(45)57)49-37-40-55(41-38-49)65(52-24-7-2-8-25-52,53-26-9-3-10-27-53)54-28-11-4-12-29-54/h1-44H. The number of hydrogen-bond acceptors (Lipinski definition) is 1. The number of anilines is 3. The lowest BCUT2D eigenvalue weighted by Gasteiger charge is -2.35. The summed E-state index contributed by atoms with van der Waals surface area (Å²) in [5.41, 5.74) is 9.22. The van der Waals surface area contributed by atoms with Crippen LogP contribution in [-0.4, -0.2) is 12.6 Å². The predicted octanol–water partition coefficient (Wildman–Crippen LogP) is 13.6. The molecule has 0 unspecified atom stereocenters. The van der Waals surface area contributed by atoms with Gasteiger partial charge in [-0.2, -0.15) is 0 Å². The van der Waals surface area contributed by atoms with E-state index < -0.39 is 8.07 Å². The molecule has 3 heteroatoms. The van der Waals surface area contributed by atoms with Gasteiger partial charge in [0.1, 0.15) is 0 Å². The smallest absolute Gasteiger partial charge is 0.179 e. The van der Waals surface area contributed by atoms with Crippen LogP contribution in [0.15, 0.2) is 267 Å². The predicted molar refractivity (Wildman–Crippen MR) is 280 cm³/mol. The summed E-state index contributed by atoms with van der Waals surface area (Å²) in [7, 11) is -2.72. The van der Waals surface area contributed by atoms with Crippen LogP contribution in [0.2, 0.25) is 0 Å². The Kier molecular flexibility index (Phi) is 9.55. The second kappa shape index (κ2) is 16.1. The third-order valence-corrected chi connectivity index (χ3v) is 18.1. The van der Waals surface area contributed by atoms with Gasteiger partial charge in [-0.25, -0.2) is 0 Å². The quantitative estimate of drug-likeness (QED) is 0.0798. The van der Waals surface area contributed by atoms with Crippen LogP contribution in [0.3, 0.4) is 0 Å². The second-order valence-electron chi connectivity index (χ2n) is 16.9. The minimum absolute atomic E-state index is 1.09. The van der Waals surface area contributed by atoms with E-state index in [2.05, 4.69) is 276 Å². The summed E-state index contributed by atoms with van der Waals surface area (Å²) in [4.78, 5) is 2.44. The molecule has 0 fully saturated rings. The average molecular weight is 845 g/mol. The van der Waals surface area contributed by atoms with E-state index in [1.165, 1.54) is 75.2 Å². The fourth-order valence-electron chi connectivity index (χ4n) is 10.4. The molecule has 0 N–H and O–H groups in total. The zero-order chi connectivity index (χ0) is 43.2.